The Morgan fingerprint density at radius 1 is 1.08 bits per heavy atom. The van der Waals surface area contributed by atoms with Crippen LogP contribution in [0.4, 0.5) is 0 Å². The lowest BCUT2D eigenvalue weighted by Gasteiger charge is -2.04. The zero-order valence-electron chi connectivity index (χ0n) is 14.1. The number of hydrogen-bond donors (Lipinski definition) is 1. The molecule has 2 heterocycles. The molecule has 132 valence electrons. The second kappa shape index (κ2) is 7.10. The fraction of sp³-hybridized carbons (Fsp3) is 0.105. The number of benzene rings is 1. The molecule has 1 aromatic carbocycles. The van der Waals surface area contributed by atoms with Crippen LogP contribution in [0, 0.1) is 6.92 Å². The second-order valence-electron chi connectivity index (χ2n) is 5.56. The molecule has 26 heavy (non-hydrogen) atoms. The van der Waals surface area contributed by atoms with E-state index in [0.717, 1.165) is 5.56 Å². The molecule has 0 saturated heterocycles. The Hall–Kier alpha value is -3.61. The van der Waals surface area contributed by atoms with Gasteiger partial charge in [-0.2, -0.15) is 5.10 Å². The monoisotopic (exact) mass is 351 g/mol. The maximum Gasteiger partial charge on any atom is 0.274 e. The minimum atomic E-state index is -1.36. The van der Waals surface area contributed by atoms with Crippen LogP contribution < -0.4 is 10.5 Å². The lowest BCUT2D eigenvalue weighted by atomic mass is 10.1. The Bertz CT molecular complexity index is 980. The normalized spacial score (nSPS) is 11.4. The fourth-order valence-electron chi connectivity index (χ4n) is 2.36. The Labute approximate surface area is 148 Å². The number of hydrazone groups is 1. The minimum Gasteiger partial charge on any atom is -0.542 e. The molecule has 7 nitrogen and oxygen atoms in total. The van der Waals surface area contributed by atoms with Crippen molar-refractivity contribution in [1.29, 1.82) is 0 Å². The summed E-state index contributed by atoms with van der Waals surface area (Å²) in [7, 11) is 0. The van der Waals surface area contributed by atoms with Gasteiger partial charge >= 0.3 is 0 Å². The van der Waals surface area contributed by atoms with Crippen molar-refractivity contribution in [3.05, 3.63) is 71.4 Å². The van der Waals surface area contributed by atoms with Crippen LogP contribution in [0.3, 0.4) is 0 Å². The van der Waals surface area contributed by atoms with Crippen molar-refractivity contribution in [2.45, 2.75) is 13.8 Å². The van der Waals surface area contributed by atoms with Crippen LogP contribution in [0.2, 0.25) is 0 Å². The van der Waals surface area contributed by atoms with E-state index in [2.05, 4.69) is 10.5 Å². The van der Waals surface area contributed by atoms with Gasteiger partial charge in [0.25, 0.3) is 5.91 Å². The molecule has 1 N–H and O–H groups in total. The first kappa shape index (κ1) is 17.2. The van der Waals surface area contributed by atoms with Crippen LogP contribution in [-0.4, -0.2) is 17.6 Å². The Morgan fingerprint density at radius 3 is 2.38 bits per heavy atom. The van der Waals surface area contributed by atoms with Gasteiger partial charge in [0.1, 0.15) is 23.3 Å². The molecule has 0 saturated carbocycles. The molecule has 2 aromatic heterocycles. The maximum atomic E-state index is 12.0. The predicted molar refractivity (Wildman–Crippen MR) is 91.6 cm³/mol. The number of carboxylic acids is 1. The number of aryl methyl sites for hydroxylation is 1. The maximum absolute atomic E-state index is 12.0. The molecule has 0 aliphatic heterocycles. The fourth-order valence-corrected chi connectivity index (χ4v) is 2.36. The highest BCUT2D eigenvalue weighted by Crippen LogP contribution is 2.22. The van der Waals surface area contributed by atoms with E-state index < -0.39 is 5.97 Å². The number of furan rings is 2. The standard InChI is InChI=1S/C19H16N2O5/c1-11(20-21-18(22)15-9-10-25-12(15)2)13-3-5-14(6-4-13)16-7-8-17(26-16)19(23)24/h3-10H,1-2H3,(H,21,22)(H,23,24)/p-1/b20-11-. The number of carbonyl (C=O) groups is 2. The van der Waals surface area contributed by atoms with Gasteiger partial charge in [0.05, 0.1) is 17.5 Å². The molecule has 0 atom stereocenters. The third-order valence-electron chi connectivity index (χ3n) is 3.82. The summed E-state index contributed by atoms with van der Waals surface area (Å²) in [5.74, 6) is -0.987. The van der Waals surface area contributed by atoms with E-state index in [1.807, 2.05) is 0 Å². The highest BCUT2D eigenvalue weighted by molar-refractivity contribution is 6.01. The van der Waals surface area contributed by atoms with Crippen molar-refractivity contribution in [3.63, 3.8) is 0 Å². The van der Waals surface area contributed by atoms with Crippen LogP contribution in [0.15, 0.2) is 62.7 Å². The summed E-state index contributed by atoms with van der Waals surface area (Å²) in [6.07, 6.45) is 1.44. The van der Waals surface area contributed by atoms with Crippen molar-refractivity contribution in [1.82, 2.24) is 5.43 Å². The lowest BCUT2D eigenvalue weighted by molar-refractivity contribution is -0.257. The molecule has 0 radical (unpaired) electrons. The van der Waals surface area contributed by atoms with E-state index >= 15 is 0 Å². The molecule has 0 aliphatic rings. The first-order valence-corrected chi connectivity index (χ1v) is 7.76. The molecule has 0 fully saturated rings. The van der Waals surface area contributed by atoms with Gasteiger partial charge in [0.15, 0.2) is 0 Å². The van der Waals surface area contributed by atoms with Crippen molar-refractivity contribution in [2.75, 3.05) is 0 Å². The molecule has 0 aliphatic carbocycles. The molecule has 0 spiro atoms. The summed E-state index contributed by atoms with van der Waals surface area (Å²) < 4.78 is 10.3. The van der Waals surface area contributed by atoms with Crippen LogP contribution in [-0.2, 0) is 0 Å². The van der Waals surface area contributed by atoms with Gasteiger partial charge in [-0.1, -0.05) is 24.3 Å². The van der Waals surface area contributed by atoms with Gasteiger partial charge in [-0.15, -0.1) is 0 Å². The summed E-state index contributed by atoms with van der Waals surface area (Å²) >= 11 is 0. The second-order valence-corrected chi connectivity index (χ2v) is 5.56. The average molecular weight is 351 g/mol. The number of rotatable bonds is 5. The summed E-state index contributed by atoms with van der Waals surface area (Å²) in [6.45, 7) is 3.46. The van der Waals surface area contributed by atoms with Crippen LogP contribution in [0.1, 0.15) is 39.2 Å². The van der Waals surface area contributed by atoms with E-state index in [4.69, 9.17) is 8.83 Å². The molecule has 0 unspecified atom stereocenters. The minimum absolute atomic E-state index is 0.223. The number of carbonyl (C=O) groups excluding carboxylic acids is 2. The molecular formula is C19H15N2O5-. The lowest BCUT2D eigenvalue weighted by Crippen LogP contribution is -2.21. The van der Waals surface area contributed by atoms with Crippen molar-refractivity contribution >= 4 is 17.6 Å². The van der Waals surface area contributed by atoms with E-state index in [-0.39, 0.29) is 11.7 Å². The van der Waals surface area contributed by atoms with E-state index in [0.29, 0.717) is 28.4 Å². The van der Waals surface area contributed by atoms with Crippen LogP contribution in [0.5, 0.6) is 0 Å². The largest absolute Gasteiger partial charge is 0.542 e. The average Bonchev–Trinajstić information content (AvgIpc) is 3.29. The number of amides is 1. The van der Waals surface area contributed by atoms with Gasteiger partial charge in [0.2, 0.25) is 0 Å². The number of aromatic carboxylic acids is 1. The summed E-state index contributed by atoms with van der Waals surface area (Å²) in [6, 6.07) is 11.6. The van der Waals surface area contributed by atoms with E-state index in [1.165, 1.54) is 12.3 Å². The van der Waals surface area contributed by atoms with Gasteiger partial charge < -0.3 is 18.7 Å². The highest BCUT2D eigenvalue weighted by atomic mass is 16.4. The first-order valence-electron chi connectivity index (χ1n) is 7.76. The molecule has 3 aromatic rings. The Kier molecular flexibility index (Phi) is 4.70. The van der Waals surface area contributed by atoms with Crippen molar-refractivity contribution in [3.8, 4) is 11.3 Å². The van der Waals surface area contributed by atoms with Crippen molar-refractivity contribution in [2.24, 2.45) is 5.10 Å². The third kappa shape index (κ3) is 3.56. The van der Waals surface area contributed by atoms with Crippen LogP contribution in [0.25, 0.3) is 11.3 Å². The highest BCUT2D eigenvalue weighted by Gasteiger charge is 2.11. The quantitative estimate of drug-likeness (QED) is 0.561. The number of carboxylic acid groups (broad SMARTS) is 1. The topological polar surface area (TPSA) is 108 Å². The molecule has 0 bridgehead atoms. The molecule has 7 heteroatoms. The summed E-state index contributed by atoms with van der Waals surface area (Å²) in [5.41, 5.74) is 5.04. The summed E-state index contributed by atoms with van der Waals surface area (Å²) in [5, 5.41) is 14.8. The van der Waals surface area contributed by atoms with Crippen molar-refractivity contribution < 1.29 is 23.5 Å². The van der Waals surface area contributed by atoms with Crippen LogP contribution >= 0.6 is 0 Å². The van der Waals surface area contributed by atoms with Gasteiger partial charge in [0, 0.05) is 5.56 Å². The Morgan fingerprint density at radius 2 is 1.81 bits per heavy atom. The molecular weight excluding hydrogens is 336 g/mol. The molecule has 1 amide bonds. The van der Waals surface area contributed by atoms with Gasteiger partial charge in [-0.3, -0.25) is 4.79 Å². The van der Waals surface area contributed by atoms with E-state index in [1.54, 1.807) is 50.2 Å². The third-order valence-corrected chi connectivity index (χ3v) is 3.82. The van der Waals surface area contributed by atoms with Gasteiger partial charge in [-0.05, 0) is 37.6 Å². The molecule has 3 rings (SSSR count). The van der Waals surface area contributed by atoms with E-state index in [9.17, 15) is 14.7 Å². The summed E-state index contributed by atoms with van der Waals surface area (Å²) in [4.78, 5) is 22.8. The predicted octanol–water partition coefficient (Wildman–Crippen LogP) is 2.37. The number of nitrogens with zero attached hydrogens (tertiary/aromatic N) is 1. The number of hydrogen-bond acceptors (Lipinski definition) is 6. The number of nitrogens with one attached hydrogen (secondary N) is 1. The van der Waals surface area contributed by atoms with Gasteiger partial charge in [-0.25, -0.2) is 5.43 Å². The zero-order valence-corrected chi connectivity index (χ0v) is 14.1. The smallest absolute Gasteiger partial charge is 0.274 e. The zero-order chi connectivity index (χ0) is 18.7. The first-order chi connectivity index (χ1) is 12.5. The Balaban J connectivity index is 1.72. The SMILES string of the molecule is C/C(=N/NC(=O)c1ccoc1C)c1ccc(-c2ccc(C(=O)[O-])o2)cc1.